The minimum Gasteiger partial charge on any atom is -0.446 e. The second kappa shape index (κ2) is 17.0. The minimum atomic E-state index is -1.55. The molecule has 0 aromatic heterocycles. The Kier molecular flexibility index (Phi) is 12.9. The van der Waals surface area contributed by atoms with Gasteiger partial charge in [0.15, 0.2) is 6.10 Å². The number of ether oxygens (including phenoxy) is 4. The molecule has 0 radical (unpaired) electrons. The number of carbonyl (C=O) groups excluding carboxylic acids is 6. The summed E-state index contributed by atoms with van der Waals surface area (Å²) in [7, 11) is 0. The van der Waals surface area contributed by atoms with Crippen molar-refractivity contribution in [1.82, 2.24) is 15.8 Å². The summed E-state index contributed by atoms with van der Waals surface area (Å²) in [6.45, 7) is 5.74. The highest BCUT2D eigenvalue weighted by Gasteiger charge is 2.46. The molecule has 16 heteroatoms. The van der Waals surface area contributed by atoms with Gasteiger partial charge in [-0.3, -0.25) is 20.2 Å². The number of anilines is 2. The Balaban J connectivity index is 2.08. The van der Waals surface area contributed by atoms with Crippen molar-refractivity contribution in [1.29, 1.82) is 0 Å². The molecule has 16 nitrogen and oxygen atoms in total. The average molecular weight is 655 g/mol. The topological polar surface area (TPSA) is 217 Å². The molecule has 0 fully saturated rings. The van der Waals surface area contributed by atoms with Crippen molar-refractivity contribution >= 4 is 47.6 Å². The second-order valence-electron chi connectivity index (χ2n) is 10.7. The fourth-order valence-electron chi connectivity index (χ4n) is 4.28. The molecule has 1 aliphatic carbocycles. The number of rotatable bonds is 10. The molecule has 0 heterocycles. The average Bonchev–Trinajstić information content (AvgIpc) is 2.99. The van der Waals surface area contributed by atoms with Crippen molar-refractivity contribution in [3.63, 3.8) is 0 Å². The van der Waals surface area contributed by atoms with E-state index >= 15 is 0 Å². The van der Waals surface area contributed by atoms with Crippen LogP contribution in [-0.4, -0.2) is 78.2 Å². The number of amides is 6. The van der Waals surface area contributed by atoms with Gasteiger partial charge in [0.05, 0.1) is 18.8 Å². The number of benzene rings is 2. The number of hydrazine groups is 1. The molecule has 6 N–H and O–H groups in total. The lowest BCUT2D eigenvalue weighted by atomic mass is 9.89. The van der Waals surface area contributed by atoms with Gasteiger partial charge in [-0.15, -0.1) is 0 Å². The largest absolute Gasteiger partial charge is 0.446 e. The zero-order valence-corrected chi connectivity index (χ0v) is 26.3. The molecule has 0 unspecified atom stereocenters. The highest BCUT2D eigenvalue weighted by Crippen LogP contribution is 2.29. The van der Waals surface area contributed by atoms with Crippen molar-refractivity contribution in [2.24, 2.45) is 5.73 Å². The quantitative estimate of drug-likeness (QED) is 0.186. The van der Waals surface area contributed by atoms with Gasteiger partial charge in [-0.2, -0.15) is 0 Å². The molecule has 0 bridgehead atoms. The van der Waals surface area contributed by atoms with Crippen molar-refractivity contribution in [2.45, 2.75) is 64.6 Å². The maximum atomic E-state index is 13.4. The Hall–Kier alpha value is -5.80. The summed E-state index contributed by atoms with van der Waals surface area (Å²) in [6.07, 6.45) is -7.61. The molecule has 3 atom stereocenters. The van der Waals surface area contributed by atoms with Crippen LogP contribution < -0.4 is 27.1 Å². The first-order valence-electron chi connectivity index (χ1n) is 14.6. The van der Waals surface area contributed by atoms with Crippen LogP contribution >= 0.6 is 0 Å². The van der Waals surface area contributed by atoms with Crippen LogP contribution in [0.3, 0.4) is 0 Å². The lowest BCUT2D eigenvalue weighted by Gasteiger charge is -2.40. The van der Waals surface area contributed by atoms with Crippen molar-refractivity contribution in [2.75, 3.05) is 17.2 Å². The van der Waals surface area contributed by atoms with E-state index in [1.54, 1.807) is 88.4 Å². The lowest BCUT2D eigenvalue weighted by molar-refractivity contribution is -0.123. The summed E-state index contributed by atoms with van der Waals surface area (Å²) in [6, 6.07) is 15.0. The maximum Gasteiger partial charge on any atom is 0.429 e. The Morgan fingerprint density at radius 1 is 0.787 bits per heavy atom. The molecular formula is C31H38N6O10. The number of carbonyl (C=O) groups is 6. The Bertz CT molecular complexity index is 1450. The fraction of sp³-hybridized carbons (Fsp3) is 0.355. The number of nitrogens with zero attached hydrogens (tertiary/aromatic N) is 1. The normalized spacial score (nSPS) is 17.0. The first-order chi connectivity index (χ1) is 22.3. The third-order valence-corrected chi connectivity index (χ3v) is 6.14. The number of primary amides is 1. The number of nitrogens with one attached hydrogen (secondary N) is 4. The zero-order valence-electron chi connectivity index (χ0n) is 26.3. The maximum absolute atomic E-state index is 13.4. The van der Waals surface area contributed by atoms with E-state index < -0.39 is 73.2 Å². The third-order valence-electron chi connectivity index (χ3n) is 6.14. The summed E-state index contributed by atoms with van der Waals surface area (Å²) < 4.78 is 21.9. The van der Waals surface area contributed by atoms with E-state index in [2.05, 4.69) is 21.4 Å². The second-order valence-corrected chi connectivity index (χ2v) is 10.7. The first-order valence-corrected chi connectivity index (χ1v) is 14.6. The van der Waals surface area contributed by atoms with Crippen LogP contribution in [0.4, 0.5) is 30.6 Å². The van der Waals surface area contributed by atoms with Gasteiger partial charge >= 0.3 is 24.4 Å². The van der Waals surface area contributed by atoms with Gasteiger partial charge in [0.1, 0.15) is 12.1 Å². The van der Waals surface area contributed by atoms with Crippen LogP contribution in [0.15, 0.2) is 72.3 Å². The van der Waals surface area contributed by atoms with Crippen LogP contribution in [0.5, 0.6) is 0 Å². The highest BCUT2D eigenvalue weighted by atomic mass is 16.6. The third kappa shape index (κ3) is 11.6. The predicted molar refractivity (Wildman–Crippen MR) is 168 cm³/mol. The van der Waals surface area contributed by atoms with Crippen LogP contribution in [-0.2, 0) is 28.5 Å². The predicted octanol–water partition coefficient (Wildman–Crippen LogP) is 3.42. The summed E-state index contributed by atoms with van der Waals surface area (Å²) in [5, 5.41) is 8.08. The molecule has 0 aliphatic heterocycles. The van der Waals surface area contributed by atoms with E-state index in [1.807, 2.05) is 0 Å². The molecule has 0 saturated heterocycles. The summed E-state index contributed by atoms with van der Waals surface area (Å²) in [4.78, 5) is 77.0. The molecule has 252 valence electrons. The zero-order chi connectivity index (χ0) is 34.5. The van der Waals surface area contributed by atoms with E-state index in [0.717, 1.165) is 0 Å². The van der Waals surface area contributed by atoms with Gasteiger partial charge in [0.25, 0.3) is 0 Å². The van der Waals surface area contributed by atoms with Gasteiger partial charge in [-0.25, -0.2) is 29.6 Å². The van der Waals surface area contributed by atoms with Crippen LogP contribution in [0.1, 0.15) is 34.1 Å². The number of hydrogen-bond donors (Lipinski definition) is 5. The highest BCUT2D eigenvalue weighted by molar-refractivity contribution is 5.96. The van der Waals surface area contributed by atoms with Gasteiger partial charge in [-0.1, -0.05) is 36.4 Å². The van der Waals surface area contributed by atoms with Gasteiger partial charge in [0.2, 0.25) is 11.8 Å². The molecule has 2 aromatic rings. The number of hydrogen-bond acceptors (Lipinski definition) is 10. The number of nitrogens with two attached hydrogens (primary N) is 1. The van der Waals surface area contributed by atoms with Gasteiger partial charge in [0, 0.05) is 23.4 Å². The monoisotopic (exact) mass is 654 g/mol. The van der Waals surface area contributed by atoms with Crippen LogP contribution in [0.25, 0.3) is 0 Å². The van der Waals surface area contributed by atoms with Crippen LogP contribution in [0, 0.1) is 0 Å². The minimum absolute atomic E-state index is 0.0987. The molecule has 0 spiro atoms. The molecule has 2 aromatic carbocycles. The Labute approximate surface area is 270 Å². The van der Waals surface area contributed by atoms with Crippen molar-refractivity contribution < 1.29 is 47.7 Å². The molecule has 1 aliphatic rings. The summed E-state index contributed by atoms with van der Waals surface area (Å²) >= 11 is 0. The standard InChI is InChI=1S/C31H38N6O10/c1-18(2)44-30(42)36-37(31(43)45-19(3)4)23-15-20(27(39)33-17-25(32)38)16-24(46-28(40)34-21-11-7-5-8-12-21)26(23)47-29(41)35-22-13-9-6-10-14-22/h5-15,18-19,23-24,26H,16-17H2,1-4H3,(H2,32,38)(H,33,39)(H,34,40)(H,35,41)(H,36,42)/t23-,24-,26+/m1/s1. The van der Waals surface area contributed by atoms with E-state index in [-0.39, 0.29) is 12.0 Å². The van der Waals surface area contributed by atoms with Crippen molar-refractivity contribution in [3.8, 4) is 0 Å². The number of para-hydroxylation sites is 2. The van der Waals surface area contributed by atoms with Gasteiger partial charge in [-0.05, 0) is 58.0 Å². The lowest BCUT2D eigenvalue weighted by Crippen LogP contribution is -2.61. The van der Waals surface area contributed by atoms with E-state index in [0.29, 0.717) is 16.4 Å². The SMILES string of the molecule is CC(C)OC(=O)NN(C(=O)OC(C)C)[C@@H]1C=C(C(=O)NCC(N)=O)C[C@@H](OC(=O)Nc2ccccc2)[C@H]1OC(=O)Nc1ccccc1. The molecule has 47 heavy (non-hydrogen) atoms. The molecule has 3 rings (SSSR count). The van der Waals surface area contributed by atoms with E-state index in [9.17, 15) is 28.8 Å². The van der Waals surface area contributed by atoms with E-state index in [4.69, 9.17) is 24.7 Å². The first kappa shape index (κ1) is 35.7. The molecule has 6 amide bonds. The Morgan fingerprint density at radius 2 is 1.32 bits per heavy atom. The van der Waals surface area contributed by atoms with Crippen molar-refractivity contribution in [3.05, 3.63) is 72.3 Å². The molecular weight excluding hydrogens is 616 g/mol. The summed E-state index contributed by atoms with van der Waals surface area (Å²) in [5.74, 6) is -1.64. The molecule has 0 saturated carbocycles. The summed E-state index contributed by atoms with van der Waals surface area (Å²) in [5.41, 5.74) is 8.10. The fourth-order valence-corrected chi connectivity index (χ4v) is 4.28. The van der Waals surface area contributed by atoms with Gasteiger partial charge < -0.3 is 30.0 Å². The smallest absolute Gasteiger partial charge is 0.429 e. The Morgan fingerprint density at radius 3 is 1.83 bits per heavy atom. The van der Waals surface area contributed by atoms with Crippen LogP contribution in [0.2, 0.25) is 0 Å². The van der Waals surface area contributed by atoms with E-state index in [1.165, 1.54) is 6.08 Å².